The predicted molar refractivity (Wildman–Crippen MR) is 96.3 cm³/mol. The van der Waals surface area contributed by atoms with Crippen molar-refractivity contribution in [2.45, 2.75) is 47.2 Å². The average Bonchev–Trinajstić information content (AvgIpc) is 2.80. The summed E-state index contributed by atoms with van der Waals surface area (Å²) in [7, 11) is 0. The second-order valence-corrected chi connectivity index (χ2v) is 5.73. The third-order valence-electron chi connectivity index (χ3n) is 3.88. The second kappa shape index (κ2) is 7.40. The number of anilines is 1. The lowest BCUT2D eigenvalue weighted by Gasteiger charge is -2.11. The fraction of sp³-hybridized carbons (Fsp3) is 0.412. The quantitative estimate of drug-likeness (QED) is 0.828. The van der Waals surface area contributed by atoms with E-state index < -0.39 is 0 Å². The van der Waals surface area contributed by atoms with Crippen molar-refractivity contribution in [2.75, 3.05) is 5.32 Å². The number of nitrogens with one attached hydrogen (secondary N) is 2. The Morgan fingerprint density at radius 1 is 1.18 bits per heavy atom. The third kappa shape index (κ3) is 3.85. The van der Waals surface area contributed by atoms with Gasteiger partial charge in [0.05, 0.1) is 5.69 Å². The van der Waals surface area contributed by atoms with E-state index in [9.17, 15) is 0 Å². The largest absolute Gasteiger partial charge is 0.358 e. The van der Waals surface area contributed by atoms with Crippen molar-refractivity contribution in [1.82, 2.24) is 15.1 Å². The molecule has 1 aromatic heterocycles. The summed E-state index contributed by atoms with van der Waals surface area (Å²) >= 11 is 5.37. The summed E-state index contributed by atoms with van der Waals surface area (Å²) in [4.78, 5) is 0. The van der Waals surface area contributed by atoms with Gasteiger partial charge in [-0.2, -0.15) is 5.10 Å². The first-order chi connectivity index (χ1) is 10.5. The van der Waals surface area contributed by atoms with Crippen LogP contribution in [0.15, 0.2) is 24.3 Å². The third-order valence-corrected chi connectivity index (χ3v) is 4.12. The molecule has 2 aromatic rings. The first kappa shape index (κ1) is 16.5. The lowest BCUT2D eigenvalue weighted by atomic mass is 10.1. The molecule has 0 aliphatic heterocycles. The molecule has 1 aromatic carbocycles. The number of nitrogens with zero attached hydrogens (tertiary/aromatic N) is 2. The van der Waals surface area contributed by atoms with Gasteiger partial charge >= 0.3 is 0 Å². The zero-order chi connectivity index (χ0) is 16.1. The van der Waals surface area contributed by atoms with Gasteiger partial charge in [-0.05, 0) is 57.1 Å². The van der Waals surface area contributed by atoms with Crippen LogP contribution in [0.2, 0.25) is 0 Å². The zero-order valence-electron chi connectivity index (χ0n) is 13.7. The molecule has 0 unspecified atom stereocenters. The summed E-state index contributed by atoms with van der Waals surface area (Å²) in [5, 5.41) is 11.6. The molecule has 0 fully saturated rings. The number of rotatable bonds is 5. The molecule has 0 amide bonds. The first-order valence-corrected chi connectivity index (χ1v) is 8.12. The van der Waals surface area contributed by atoms with Crippen LogP contribution in [0.5, 0.6) is 0 Å². The Morgan fingerprint density at radius 2 is 1.86 bits per heavy atom. The molecule has 22 heavy (non-hydrogen) atoms. The van der Waals surface area contributed by atoms with Crippen molar-refractivity contribution in [3.63, 3.8) is 0 Å². The minimum absolute atomic E-state index is 0.632. The fourth-order valence-electron chi connectivity index (χ4n) is 2.47. The van der Waals surface area contributed by atoms with Gasteiger partial charge in [0.1, 0.15) is 0 Å². The molecule has 2 rings (SSSR count). The maximum atomic E-state index is 5.37. The molecule has 0 bridgehead atoms. The highest BCUT2D eigenvalue weighted by Crippen LogP contribution is 2.13. The Labute approximate surface area is 137 Å². The van der Waals surface area contributed by atoms with Gasteiger partial charge in [0.25, 0.3) is 0 Å². The Bertz CT molecular complexity index is 643. The summed E-state index contributed by atoms with van der Waals surface area (Å²) in [6, 6.07) is 8.34. The van der Waals surface area contributed by atoms with Gasteiger partial charge in [-0.25, -0.2) is 0 Å². The molecule has 0 saturated heterocycles. The van der Waals surface area contributed by atoms with Crippen LogP contribution in [0.1, 0.15) is 36.4 Å². The van der Waals surface area contributed by atoms with Crippen LogP contribution in [0.3, 0.4) is 0 Å². The van der Waals surface area contributed by atoms with Crippen LogP contribution in [-0.2, 0) is 19.5 Å². The van der Waals surface area contributed by atoms with Gasteiger partial charge < -0.3 is 10.6 Å². The molecule has 0 radical (unpaired) electrons. The molecule has 0 atom stereocenters. The summed E-state index contributed by atoms with van der Waals surface area (Å²) in [5.41, 5.74) is 5.80. The number of thiocarbonyl (C=S) groups is 1. The van der Waals surface area contributed by atoms with Crippen molar-refractivity contribution in [1.29, 1.82) is 0 Å². The average molecular weight is 316 g/mol. The van der Waals surface area contributed by atoms with Crippen LogP contribution >= 0.6 is 12.2 Å². The van der Waals surface area contributed by atoms with E-state index in [4.69, 9.17) is 12.2 Å². The number of hydrogen-bond donors (Lipinski definition) is 2. The smallest absolute Gasteiger partial charge is 0.171 e. The first-order valence-electron chi connectivity index (χ1n) is 7.71. The topological polar surface area (TPSA) is 41.9 Å². The Hall–Kier alpha value is -1.88. The van der Waals surface area contributed by atoms with Crippen molar-refractivity contribution in [3.8, 4) is 0 Å². The van der Waals surface area contributed by atoms with Gasteiger partial charge in [0.15, 0.2) is 5.11 Å². The molecule has 4 nitrogen and oxygen atoms in total. The van der Waals surface area contributed by atoms with Gasteiger partial charge in [0.2, 0.25) is 0 Å². The molecule has 0 spiro atoms. The van der Waals surface area contributed by atoms with Crippen molar-refractivity contribution in [2.24, 2.45) is 0 Å². The Balaban J connectivity index is 1.93. The summed E-state index contributed by atoms with van der Waals surface area (Å²) in [5.74, 6) is 0. The monoisotopic (exact) mass is 316 g/mol. The van der Waals surface area contributed by atoms with E-state index in [1.807, 2.05) is 11.6 Å². The van der Waals surface area contributed by atoms with Gasteiger partial charge in [-0.1, -0.05) is 19.1 Å². The number of aryl methyl sites for hydroxylation is 3. The van der Waals surface area contributed by atoms with Crippen molar-refractivity contribution < 1.29 is 0 Å². The van der Waals surface area contributed by atoms with Crippen LogP contribution in [0.4, 0.5) is 5.69 Å². The van der Waals surface area contributed by atoms with E-state index in [-0.39, 0.29) is 0 Å². The number of hydrogen-bond acceptors (Lipinski definition) is 2. The Morgan fingerprint density at radius 3 is 2.41 bits per heavy atom. The zero-order valence-corrected chi connectivity index (χ0v) is 14.5. The van der Waals surface area contributed by atoms with E-state index in [0.717, 1.165) is 24.3 Å². The molecule has 0 saturated carbocycles. The highest BCUT2D eigenvalue weighted by atomic mass is 32.1. The standard InChI is InChI=1S/C17H24N4S/c1-5-14-7-9-15(10-8-14)19-17(22)18-11-16-12(3)20-21(6-2)13(16)4/h7-10H,5-6,11H2,1-4H3,(H2,18,19,22). The van der Waals surface area contributed by atoms with Crippen LogP contribution in [-0.4, -0.2) is 14.9 Å². The number of benzene rings is 1. The predicted octanol–water partition coefficient (Wildman–Crippen LogP) is 3.57. The fourth-order valence-corrected chi connectivity index (χ4v) is 2.66. The van der Waals surface area contributed by atoms with E-state index in [1.165, 1.54) is 16.8 Å². The maximum Gasteiger partial charge on any atom is 0.171 e. The molecule has 1 heterocycles. The molecule has 0 aliphatic carbocycles. The molecule has 2 N–H and O–H groups in total. The Kier molecular flexibility index (Phi) is 5.55. The molecule has 0 aliphatic rings. The van der Waals surface area contributed by atoms with Crippen LogP contribution in [0.25, 0.3) is 0 Å². The van der Waals surface area contributed by atoms with E-state index in [2.05, 4.69) is 60.8 Å². The van der Waals surface area contributed by atoms with Gasteiger partial charge in [-0.15, -0.1) is 0 Å². The second-order valence-electron chi connectivity index (χ2n) is 5.32. The minimum atomic E-state index is 0.632. The van der Waals surface area contributed by atoms with Crippen LogP contribution < -0.4 is 10.6 Å². The lowest BCUT2D eigenvalue weighted by molar-refractivity contribution is 0.633. The van der Waals surface area contributed by atoms with E-state index >= 15 is 0 Å². The lowest BCUT2D eigenvalue weighted by Crippen LogP contribution is -2.28. The highest BCUT2D eigenvalue weighted by Gasteiger charge is 2.10. The SMILES string of the molecule is CCc1ccc(NC(=S)NCc2c(C)nn(CC)c2C)cc1. The molecular formula is C17H24N4S. The van der Waals surface area contributed by atoms with Crippen molar-refractivity contribution in [3.05, 3.63) is 46.8 Å². The van der Waals surface area contributed by atoms with E-state index in [0.29, 0.717) is 11.7 Å². The molecule has 5 heteroatoms. The number of aromatic nitrogens is 2. The van der Waals surface area contributed by atoms with Gasteiger partial charge in [0, 0.05) is 30.0 Å². The highest BCUT2D eigenvalue weighted by molar-refractivity contribution is 7.80. The van der Waals surface area contributed by atoms with Gasteiger partial charge in [-0.3, -0.25) is 4.68 Å². The van der Waals surface area contributed by atoms with Crippen LogP contribution in [0, 0.1) is 13.8 Å². The summed E-state index contributed by atoms with van der Waals surface area (Å²) in [6.45, 7) is 9.96. The molecule has 118 valence electrons. The normalized spacial score (nSPS) is 10.5. The van der Waals surface area contributed by atoms with Crippen molar-refractivity contribution >= 4 is 23.0 Å². The van der Waals surface area contributed by atoms with E-state index in [1.54, 1.807) is 0 Å². The summed E-state index contributed by atoms with van der Waals surface area (Å²) in [6.07, 6.45) is 1.04. The minimum Gasteiger partial charge on any atom is -0.358 e. The molecular weight excluding hydrogens is 292 g/mol. The summed E-state index contributed by atoms with van der Waals surface area (Å²) < 4.78 is 2.02. The maximum absolute atomic E-state index is 5.37.